The third-order valence-corrected chi connectivity index (χ3v) is 4.59. The van der Waals surface area contributed by atoms with E-state index in [0.29, 0.717) is 0 Å². The third kappa shape index (κ3) is 4.72. The minimum atomic E-state index is 0.137. The maximum atomic E-state index is 6.25. The van der Waals surface area contributed by atoms with Crippen molar-refractivity contribution in [2.24, 2.45) is 5.73 Å². The first kappa shape index (κ1) is 15.2. The van der Waals surface area contributed by atoms with Crippen LogP contribution in [0.3, 0.4) is 0 Å². The highest BCUT2D eigenvalue weighted by Crippen LogP contribution is 2.30. The zero-order valence-corrected chi connectivity index (χ0v) is 13.8. The highest BCUT2D eigenvalue weighted by Gasteiger charge is 2.11. The number of nitrogens with two attached hydrogens (primary N) is 1. The minimum Gasteiger partial charge on any atom is -0.324 e. The molecule has 0 spiro atoms. The molecule has 0 saturated heterocycles. The molecular weight excluding hydrogens is 342 g/mol. The number of hydrogen-bond acceptors (Lipinski definition) is 1. The third-order valence-electron chi connectivity index (χ3n) is 3.05. The van der Waals surface area contributed by atoms with Gasteiger partial charge in [-0.3, -0.25) is 0 Å². The summed E-state index contributed by atoms with van der Waals surface area (Å²) in [6.45, 7) is 4.32. The second-order valence-corrected chi connectivity index (χ2v) is 6.29. The van der Waals surface area contributed by atoms with Crippen molar-refractivity contribution in [1.29, 1.82) is 0 Å². The number of benzene rings is 1. The zero-order valence-electron chi connectivity index (χ0n) is 10.6. The highest BCUT2D eigenvalue weighted by molar-refractivity contribution is 9.11. The lowest BCUT2D eigenvalue weighted by atomic mass is 10.00. The van der Waals surface area contributed by atoms with E-state index in [1.54, 1.807) is 0 Å². The van der Waals surface area contributed by atoms with E-state index < -0.39 is 0 Å². The summed E-state index contributed by atoms with van der Waals surface area (Å²) in [5, 5.41) is 0. The van der Waals surface area contributed by atoms with Gasteiger partial charge in [0.05, 0.1) is 0 Å². The quantitative estimate of drug-likeness (QED) is 0.665. The monoisotopic (exact) mass is 361 g/mol. The van der Waals surface area contributed by atoms with Gasteiger partial charge >= 0.3 is 0 Å². The number of rotatable bonds is 6. The van der Waals surface area contributed by atoms with E-state index in [0.717, 1.165) is 15.4 Å². The van der Waals surface area contributed by atoms with Crippen molar-refractivity contribution in [2.45, 2.75) is 52.0 Å². The molecule has 17 heavy (non-hydrogen) atoms. The van der Waals surface area contributed by atoms with Gasteiger partial charge in [-0.2, -0.15) is 0 Å². The van der Waals surface area contributed by atoms with E-state index in [4.69, 9.17) is 5.73 Å². The number of unbranched alkanes of at least 4 members (excludes halogenated alkanes) is 3. The number of hydrogen-bond donors (Lipinski definition) is 1. The van der Waals surface area contributed by atoms with Crippen LogP contribution in [0.2, 0.25) is 0 Å². The Morgan fingerprint density at radius 2 is 1.82 bits per heavy atom. The molecule has 1 aromatic rings. The lowest BCUT2D eigenvalue weighted by Crippen LogP contribution is -2.11. The van der Waals surface area contributed by atoms with Crippen LogP contribution in [0.4, 0.5) is 0 Å². The topological polar surface area (TPSA) is 26.0 Å². The van der Waals surface area contributed by atoms with E-state index >= 15 is 0 Å². The molecule has 0 amide bonds. The fourth-order valence-corrected chi connectivity index (χ4v) is 3.01. The molecule has 1 atom stereocenters. The van der Waals surface area contributed by atoms with Crippen LogP contribution >= 0.6 is 31.9 Å². The van der Waals surface area contributed by atoms with Gasteiger partial charge in [0.1, 0.15) is 0 Å². The summed E-state index contributed by atoms with van der Waals surface area (Å²) in [4.78, 5) is 0. The Morgan fingerprint density at radius 1 is 1.12 bits per heavy atom. The van der Waals surface area contributed by atoms with Crippen LogP contribution in [0.15, 0.2) is 21.1 Å². The molecule has 1 unspecified atom stereocenters. The molecule has 1 nitrogen and oxygen atoms in total. The molecule has 1 aromatic carbocycles. The van der Waals surface area contributed by atoms with Crippen molar-refractivity contribution in [1.82, 2.24) is 0 Å². The van der Waals surface area contributed by atoms with Crippen LogP contribution in [0, 0.1) is 6.92 Å². The first-order valence-corrected chi connectivity index (χ1v) is 7.86. The molecule has 0 fully saturated rings. The Morgan fingerprint density at radius 3 is 2.47 bits per heavy atom. The van der Waals surface area contributed by atoms with Gasteiger partial charge in [-0.05, 0) is 36.6 Å². The maximum absolute atomic E-state index is 6.25. The fraction of sp³-hybridized carbons (Fsp3) is 0.571. The molecule has 0 saturated carbocycles. The van der Waals surface area contributed by atoms with E-state index in [2.05, 4.69) is 57.8 Å². The summed E-state index contributed by atoms with van der Waals surface area (Å²) in [6.07, 6.45) is 6.15. The molecule has 0 radical (unpaired) electrons. The smallest absolute Gasteiger partial charge is 0.0306 e. The van der Waals surface area contributed by atoms with Crippen LogP contribution < -0.4 is 5.73 Å². The van der Waals surface area contributed by atoms with Crippen molar-refractivity contribution in [3.63, 3.8) is 0 Å². The van der Waals surface area contributed by atoms with Crippen molar-refractivity contribution < 1.29 is 0 Å². The fourth-order valence-electron chi connectivity index (χ4n) is 1.89. The van der Waals surface area contributed by atoms with Crippen LogP contribution in [0.25, 0.3) is 0 Å². The van der Waals surface area contributed by atoms with Crippen molar-refractivity contribution >= 4 is 31.9 Å². The molecule has 96 valence electrons. The Bertz CT molecular complexity index is 363. The first-order chi connectivity index (χ1) is 8.06. The minimum absolute atomic E-state index is 0.137. The molecular formula is C14H21Br2N. The normalized spacial score (nSPS) is 12.8. The average molecular weight is 363 g/mol. The Labute approximate surface area is 121 Å². The largest absolute Gasteiger partial charge is 0.324 e. The lowest BCUT2D eigenvalue weighted by Gasteiger charge is -2.15. The van der Waals surface area contributed by atoms with Gasteiger partial charge < -0.3 is 5.73 Å². The molecule has 0 aromatic heterocycles. The Balaban J connectivity index is 2.62. The van der Waals surface area contributed by atoms with E-state index in [1.807, 2.05) is 0 Å². The molecule has 0 aliphatic heterocycles. The Hall–Kier alpha value is 0.140. The average Bonchev–Trinajstić information content (AvgIpc) is 2.29. The molecule has 0 bridgehead atoms. The second kappa shape index (κ2) is 7.55. The zero-order chi connectivity index (χ0) is 12.8. The van der Waals surface area contributed by atoms with Gasteiger partial charge in [-0.15, -0.1) is 0 Å². The number of aryl methyl sites for hydroxylation is 1. The van der Waals surface area contributed by atoms with Gasteiger partial charge in [0.25, 0.3) is 0 Å². The molecule has 0 aliphatic carbocycles. The summed E-state index contributed by atoms with van der Waals surface area (Å²) in [5.74, 6) is 0. The second-order valence-electron chi connectivity index (χ2n) is 4.58. The SMILES string of the molecule is CCCCCCC(N)c1cc(Br)c(C)cc1Br. The van der Waals surface area contributed by atoms with Crippen molar-refractivity contribution in [3.8, 4) is 0 Å². The molecule has 2 N–H and O–H groups in total. The van der Waals surface area contributed by atoms with E-state index in [-0.39, 0.29) is 6.04 Å². The maximum Gasteiger partial charge on any atom is 0.0306 e. The van der Waals surface area contributed by atoms with E-state index in [9.17, 15) is 0 Å². The van der Waals surface area contributed by atoms with Gasteiger partial charge in [-0.1, -0.05) is 64.5 Å². The summed E-state index contributed by atoms with van der Waals surface area (Å²) in [6, 6.07) is 4.41. The van der Waals surface area contributed by atoms with Gasteiger partial charge in [-0.25, -0.2) is 0 Å². The van der Waals surface area contributed by atoms with Crippen molar-refractivity contribution in [2.75, 3.05) is 0 Å². The van der Waals surface area contributed by atoms with E-state index in [1.165, 1.54) is 36.8 Å². The lowest BCUT2D eigenvalue weighted by molar-refractivity contribution is 0.564. The predicted octanol–water partition coefficient (Wildman–Crippen LogP) is 5.49. The van der Waals surface area contributed by atoms with Crippen LogP contribution in [-0.2, 0) is 0 Å². The Kier molecular flexibility index (Phi) is 6.75. The van der Waals surface area contributed by atoms with Gasteiger partial charge in [0.15, 0.2) is 0 Å². The molecule has 1 rings (SSSR count). The summed E-state index contributed by atoms with van der Waals surface area (Å²) < 4.78 is 2.26. The van der Waals surface area contributed by atoms with Crippen LogP contribution in [0.1, 0.15) is 56.2 Å². The molecule has 0 aliphatic rings. The van der Waals surface area contributed by atoms with Gasteiger partial charge in [0, 0.05) is 15.0 Å². The highest BCUT2D eigenvalue weighted by atomic mass is 79.9. The standard InChI is InChI=1S/C14H21Br2N/c1-3-4-5-6-7-14(17)11-9-12(15)10(2)8-13(11)16/h8-9,14H,3-7,17H2,1-2H3. The summed E-state index contributed by atoms with van der Waals surface area (Å²) >= 11 is 7.17. The summed E-state index contributed by atoms with van der Waals surface area (Å²) in [5.41, 5.74) is 8.69. The first-order valence-electron chi connectivity index (χ1n) is 6.27. The molecule has 3 heteroatoms. The van der Waals surface area contributed by atoms with Crippen LogP contribution in [0.5, 0.6) is 0 Å². The van der Waals surface area contributed by atoms with Gasteiger partial charge in [0.2, 0.25) is 0 Å². The predicted molar refractivity (Wildman–Crippen MR) is 82.3 cm³/mol. The molecule has 0 heterocycles. The van der Waals surface area contributed by atoms with Crippen LogP contribution in [-0.4, -0.2) is 0 Å². The number of halogens is 2. The van der Waals surface area contributed by atoms with Crippen molar-refractivity contribution in [3.05, 3.63) is 32.2 Å². The summed E-state index contributed by atoms with van der Waals surface area (Å²) in [7, 11) is 0.